The molecule has 0 fully saturated rings. The first-order valence-electron chi connectivity index (χ1n) is 12.2. The first-order chi connectivity index (χ1) is 18.2. The summed E-state index contributed by atoms with van der Waals surface area (Å²) >= 11 is 0. The fourth-order valence-corrected chi connectivity index (χ4v) is 4.87. The van der Waals surface area contributed by atoms with Crippen molar-refractivity contribution in [2.75, 3.05) is 14.2 Å². The minimum atomic E-state index is 0.595. The zero-order chi connectivity index (χ0) is 25.2. The molecule has 184 valence electrons. The van der Waals surface area contributed by atoms with Crippen LogP contribution in [0, 0.1) is 0 Å². The molecule has 1 aliphatic heterocycles. The molecule has 0 spiro atoms. The van der Waals surface area contributed by atoms with Crippen molar-refractivity contribution in [1.82, 2.24) is 24.6 Å². The van der Waals surface area contributed by atoms with Gasteiger partial charge in [0.2, 0.25) is 5.88 Å². The Balaban J connectivity index is 1.40. The Morgan fingerprint density at radius 2 is 1.49 bits per heavy atom. The highest BCUT2D eigenvalue weighted by Gasteiger charge is 2.26. The van der Waals surface area contributed by atoms with Gasteiger partial charge in [-0.05, 0) is 23.3 Å². The third-order valence-electron chi connectivity index (χ3n) is 6.65. The maximum absolute atomic E-state index is 5.55. The van der Waals surface area contributed by atoms with Gasteiger partial charge in [-0.3, -0.25) is 9.47 Å². The molecule has 0 aliphatic carbocycles. The predicted molar refractivity (Wildman–Crippen MR) is 143 cm³/mol. The molecule has 0 atom stereocenters. The fourth-order valence-electron chi connectivity index (χ4n) is 4.87. The predicted octanol–water partition coefficient (Wildman–Crippen LogP) is 5.53. The molecule has 0 amide bonds. The zero-order valence-electron chi connectivity index (χ0n) is 20.8. The van der Waals surface area contributed by atoms with Crippen molar-refractivity contribution in [3.63, 3.8) is 0 Å². The average Bonchev–Trinajstić information content (AvgIpc) is 3.29. The molecule has 1 aliphatic rings. The van der Waals surface area contributed by atoms with E-state index in [4.69, 9.17) is 14.5 Å². The normalized spacial score (nSPS) is 12.9. The van der Waals surface area contributed by atoms with Crippen molar-refractivity contribution in [1.29, 1.82) is 0 Å². The molecular formula is C30H27N5O2. The summed E-state index contributed by atoms with van der Waals surface area (Å²) < 4.78 is 13.1. The van der Waals surface area contributed by atoms with Crippen molar-refractivity contribution in [3.05, 3.63) is 108 Å². The van der Waals surface area contributed by atoms with Gasteiger partial charge in [-0.2, -0.15) is 0 Å². The van der Waals surface area contributed by atoms with Gasteiger partial charge in [0.05, 0.1) is 32.1 Å². The van der Waals surface area contributed by atoms with Crippen LogP contribution in [-0.2, 0) is 19.6 Å². The number of nitrogens with zero attached hydrogens (tertiary/aromatic N) is 5. The van der Waals surface area contributed by atoms with Crippen LogP contribution in [-0.4, -0.2) is 38.9 Å². The van der Waals surface area contributed by atoms with Gasteiger partial charge in [0.1, 0.15) is 5.75 Å². The molecule has 7 nitrogen and oxygen atoms in total. The molecule has 0 N–H and O–H groups in total. The van der Waals surface area contributed by atoms with Crippen LogP contribution >= 0.6 is 0 Å². The Hall–Kier alpha value is -4.49. The maximum Gasteiger partial charge on any atom is 0.213 e. The van der Waals surface area contributed by atoms with E-state index in [1.165, 1.54) is 5.56 Å². The summed E-state index contributed by atoms with van der Waals surface area (Å²) in [6.07, 6.45) is 0. The van der Waals surface area contributed by atoms with E-state index in [-0.39, 0.29) is 0 Å². The number of para-hydroxylation sites is 1. The lowest BCUT2D eigenvalue weighted by Crippen LogP contribution is -2.22. The molecule has 6 rings (SSSR count). The lowest BCUT2D eigenvalue weighted by atomic mass is 10.0. The highest BCUT2D eigenvalue weighted by molar-refractivity contribution is 5.73. The van der Waals surface area contributed by atoms with Crippen LogP contribution in [0.3, 0.4) is 0 Å². The minimum absolute atomic E-state index is 0.595. The summed E-state index contributed by atoms with van der Waals surface area (Å²) in [6.45, 7) is 2.12. The van der Waals surface area contributed by atoms with Crippen molar-refractivity contribution in [2.45, 2.75) is 19.6 Å². The van der Waals surface area contributed by atoms with E-state index >= 15 is 0 Å². The summed E-state index contributed by atoms with van der Waals surface area (Å²) in [5, 5.41) is 9.26. The number of rotatable bonds is 6. The van der Waals surface area contributed by atoms with Gasteiger partial charge in [-0.25, -0.2) is 4.98 Å². The van der Waals surface area contributed by atoms with Crippen LogP contribution in [0.25, 0.3) is 28.2 Å². The van der Waals surface area contributed by atoms with Crippen molar-refractivity contribution in [3.8, 4) is 39.8 Å². The van der Waals surface area contributed by atoms with Gasteiger partial charge in [0.15, 0.2) is 11.6 Å². The van der Waals surface area contributed by atoms with Crippen molar-refractivity contribution < 1.29 is 9.47 Å². The van der Waals surface area contributed by atoms with Gasteiger partial charge in [0.25, 0.3) is 0 Å². The molecule has 5 aromatic rings. The lowest BCUT2D eigenvalue weighted by Gasteiger charge is -2.19. The molecule has 0 saturated carbocycles. The largest absolute Gasteiger partial charge is 0.496 e. The molecule has 0 bridgehead atoms. The van der Waals surface area contributed by atoms with E-state index in [1.807, 2.05) is 36.4 Å². The summed E-state index contributed by atoms with van der Waals surface area (Å²) in [6, 6.07) is 30.8. The van der Waals surface area contributed by atoms with Gasteiger partial charge < -0.3 is 9.47 Å². The highest BCUT2D eigenvalue weighted by Crippen LogP contribution is 2.33. The van der Waals surface area contributed by atoms with Crippen molar-refractivity contribution in [2.24, 2.45) is 0 Å². The molecule has 0 radical (unpaired) electrons. The Morgan fingerprint density at radius 3 is 2.27 bits per heavy atom. The number of methoxy groups -OCH3 is 2. The molecule has 2 aromatic heterocycles. The van der Waals surface area contributed by atoms with Crippen LogP contribution in [0.5, 0.6) is 11.6 Å². The van der Waals surface area contributed by atoms with Gasteiger partial charge in [0, 0.05) is 30.3 Å². The average molecular weight is 490 g/mol. The molecule has 7 heteroatoms. The zero-order valence-corrected chi connectivity index (χ0v) is 20.8. The van der Waals surface area contributed by atoms with Crippen LogP contribution in [0.15, 0.2) is 91.0 Å². The van der Waals surface area contributed by atoms with Gasteiger partial charge >= 0.3 is 0 Å². The van der Waals surface area contributed by atoms with E-state index in [0.29, 0.717) is 19.0 Å². The van der Waals surface area contributed by atoms with Crippen LogP contribution < -0.4 is 9.47 Å². The molecule has 3 heterocycles. The Kier molecular flexibility index (Phi) is 6.12. The second kappa shape index (κ2) is 9.87. The molecule has 0 saturated heterocycles. The topological polar surface area (TPSA) is 65.3 Å². The van der Waals surface area contributed by atoms with Crippen molar-refractivity contribution >= 4 is 0 Å². The Labute approximate surface area is 216 Å². The summed E-state index contributed by atoms with van der Waals surface area (Å²) in [4.78, 5) is 7.15. The smallest absolute Gasteiger partial charge is 0.213 e. The third-order valence-corrected chi connectivity index (χ3v) is 6.65. The minimum Gasteiger partial charge on any atom is -0.496 e. The number of benzene rings is 3. The summed E-state index contributed by atoms with van der Waals surface area (Å²) in [5.74, 6) is 3.11. The van der Waals surface area contributed by atoms with E-state index in [0.717, 1.165) is 52.0 Å². The number of hydrogen-bond acceptors (Lipinski definition) is 6. The summed E-state index contributed by atoms with van der Waals surface area (Å²) in [5.41, 5.74) is 6.26. The molecule has 37 heavy (non-hydrogen) atoms. The summed E-state index contributed by atoms with van der Waals surface area (Å²) in [7, 11) is 3.34. The van der Waals surface area contributed by atoms with E-state index in [9.17, 15) is 0 Å². The number of pyridine rings is 1. The first kappa shape index (κ1) is 22.9. The standard InChI is InChI=1S/C30H27N5O2/c1-36-27-11-7-6-10-24(27)22-12-14-23(15-13-22)30-33-32-28-20-34(18-21-8-4-3-5-9-21)19-25-26(35(28)30)16-17-29(31-25)37-2/h3-17H,18-20H2,1-2H3. The third kappa shape index (κ3) is 4.45. The van der Waals surface area contributed by atoms with E-state index < -0.39 is 0 Å². The Morgan fingerprint density at radius 1 is 0.730 bits per heavy atom. The van der Waals surface area contributed by atoms with Crippen LogP contribution in [0.1, 0.15) is 17.1 Å². The number of aromatic nitrogens is 4. The maximum atomic E-state index is 5.55. The van der Waals surface area contributed by atoms with E-state index in [1.54, 1.807) is 14.2 Å². The first-order valence-corrected chi connectivity index (χ1v) is 12.2. The second-order valence-corrected chi connectivity index (χ2v) is 9.00. The second-order valence-electron chi connectivity index (χ2n) is 9.00. The Bertz CT molecular complexity index is 1530. The lowest BCUT2D eigenvalue weighted by molar-refractivity contribution is 0.241. The quantitative estimate of drug-likeness (QED) is 0.313. The van der Waals surface area contributed by atoms with Crippen LogP contribution in [0.2, 0.25) is 0 Å². The van der Waals surface area contributed by atoms with Crippen LogP contribution in [0.4, 0.5) is 0 Å². The molecular weight excluding hydrogens is 462 g/mol. The number of hydrogen-bond donors (Lipinski definition) is 0. The molecule has 3 aromatic carbocycles. The fraction of sp³-hybridized carbons (Fsp3) is 0.167. The molecule has 0 unspecified atom stereocenters. The number of fused-ring (bicyclic) bond motifs is 3. The van der Waals surface area contributed by atoms with E-state index in [2.05, 4.69) is 74.3 Å². The monoisotopic (exact) mass is 489 g/mol. The van der Waals surface area contributed by atoms with Gasteiger partial charge in [-0.15, -0.1) is 10.2 Å². The highest BCUT2D eigenvalue weighted by atomic mass is 16.5. The van der Waals surface area contributed by atoms with Gasteiger partial charge in [-0.1, -0.05) is 72.8 Å². The SMILES string of the molecule is COc1ccc2c(n1)CN(Cc1ccccc1)Cc1nnc(-c3ccc(-c4ccccc4OC)cc3)n1-2. The number of ether oxygens (including phenoxy) is 2.